The van der Waals surface area contributed by atoms with Crippen LogP contribution in [0.15, 0.2) is 83.1 Å². The van der Waals surface area contributed by atoms with E-state index in [1.54, 1.807) is 30.3 Å². The van der Waals surface area contributed by atoms with E-state index in [4.69, 9.17) is 0 Å². The number of Topliss-reactive ketones (excluding diaryl/α,β-unsaturated/α-hetero) is 1. The predicted octanol–water partition coefficient (Wildman–Crippen LogP) is 4.12. The molecule has 1 atom stereocenters. The minimum Gasteiger partial charge on any atom is -0.288 e. The molecule has 0 N–H and O–H groups in total. The van der Waals surface area contributed by atoms with Gasteiger partial charge in [0.1, 0.15) is 0 Å². The van der Waals surface area contributed by atoms with Gasteiger partial charge in [-0.3, -0.25) is 9.59 Å². The molecule has 0 fully saturated rings. The van der Waals surface area contributed by atoms with Gasteiger partial charge in [0.2, 0.25) is 5.12 Å². The first kappa shape index (κ1) is 13.6. The molecule has 2 aromatic carbocycles. The Morgan fingerprint density at radius 1 is 0.762 bits per heavy atom. The van der Waals surface area contributed by atoms with Gasteiger partial charge in [0.15, 0.2) is 5.78 Å². The average Bonchev–Trinajstić information content (AvgIpc) is 3.04. The lowest BCUT2D eigenvalue weighted by atomic mass is 10.1. The fourth-order valence-electron chi connectivity index (χ4n) is 2.20. The van der Waals surface area contributed by atoms with E-state index in [1.165, 1.54) is 0 Å². The Balaban J connectivity index is 1.88. The molecule has 1 heterocycles. The van der Waals surface area contributed by atoms with Gasteiger partial charge < -0.3 is 0 Å². The molecule has 0 amide bonds. The Kier molecular flexibility index (Phi) is 3.84. The maximum atomic E-state index is 12.6. The minimum absolute atomic E-state index is 0.0230. The van der Waals surface area contributed by atoms with Crippen LogP contribution in [0.25, 0.3) is 0 Å². The van der Waals surface area contributed by atoms with Gasteiger partial charge >= 0.3 is 0 Å². The van der Waals surface area contributed by atoms with Crippen LogP contribution in [0.3, 0.4) is 0 Å². The van der Waals surface area contributed by atoms with Crippen molar-refractivity contribution in [2.24, 2.45) is 0 Å². The molecule has 0 aliphatic carbocycles. The summed E-state index contributed by atoms with van der Waals surface area (Å²) in [4.78, 5) is 25.7. The molecule has 0 saturated carbocycles. The van der Waals surface area contributed by atoms with Crippen LogP contribution in [0.4, 0.5) is 0 Å². The van der Waals surface area contributed by atoms with Crippen molar-refractivity contribution in [2.75, 3.05) is 0 Å². The van der Waals surface area contributed by atoms with Gasteiger partial charge in [-0.15, -0.1) is 10.9 Å². The molecule has 104 valence electrons. The number of rotatable bonds is 3. The van der Waals surface area contributed by atoms with Crippen LogP contribution in [0.5, 0.6) is 0 Å². The summed E-state index contributed by atoms with van der Waals surface area (Å²) in [5, 5.41) is 1.87. The van der Waals surface area contributed by atoms with Gasteiger partial charge in [-0.2, -0.15) is 0 Å². The van der Waals surface area contributed by atoms with Crippen molar-refractivity contribution < 1.29 is 9.59 Å². The highest BCUT2D eigenvalue weighted by molar-refractivity contribution is 8.36. The Hall–Kier alpha value is -2.39. The first-order chi connectivity index (χ1) is 10.3. The van der Waals surface area contributed by atoms with E-state index in [-0.39, 0.29) is 10.9 Å². The summed E-state index contributed by atoms with van der Waals surface area (Å²) in [6, 6.07) is 18.2. The Morgan fingerprint density at radius 3 is 1.95 bits per heavy atom. The zero-order valence-corrected chi connectivity index (χ0v) is 12.2. The lowest BCUT2D eigenvalue weighted by molar-refractivity contribution is 0.103. The lowest BCUT2D eigenvalue weighted by Crippen LogP contribution is -2.07. The molecule has 0 bridgehead atoms. The lowest BCUT2D eigenvalue weighted by Gasteiger charge is -2.16. The molecule has 1 aliphatic rings. The fraction of sp³-hybridized carbons (Fsp3) is 0. The molecule has 2 nitrogen and oxygen atoms in total. The van der Waals surface area contributed by atoms with E-state index >= 15 is 0 Å². The standard InChI is InChI=1S/C18H14O2S/c19-17(14-8-3-1-4-9-14)16-12-7-13-21(16)18(20)15-10-5-2-6-11-15/h1-13,21H. The second kappa shape index (κ2) is 5.94. The number of hydrogen-bond donors (Lipinski definition) is 1. The van der Waals surface area contributed by atoms with Crippen LogP contribution in [-0.4, -0.2) is 10.9 Å². The van der Waals surface area contributed by atoms with Crippen LogP contribution < -0.4 is 0 Å². The zero-order chi connectivity index (χ0) is 14.7. The first-order valence-electron chi connectivity index (χ1n) is 6.64. The van der Waals surface area contributed by atoms with Gasteiger partial charge in [-0.1, -0.05) is 66.7 Å². The molecule has 0 radical (unpaired) electrons. The summed E-state index contributed by atoms with van der Waals surface area (Å²) < 4.78 is 0. The monoisotopic (exact) mass is 294 g/mol. The normalized spacial score (nSPS) is 18.3. The number of carbonyl (C=O) groups is 2. The van der Waals surface area contributed by atoms with Crippen molar-refractivity contribution in [1.29, 1.82) is 0 Å². The third kappa shape index (κ3) is 2.73. The van der Waals surface area contributed by atoms with Crippen molar-refractivity contribution in [1.82, 2.24) is 0 Å². The smallest absolute Gasteiger partial charge is 0.207 e. The quantitative estimate of drug-likeness (QED) is 0.682. The largest absolute Gasteiger partial charge is 0.288 e. The van der Waals surface area contributed by atoms with Crippen LogP contribution in [0.1, 0.15) is 20.7 Å². The van der Waals surface area contributed by atoms with Gasteiger partial charge in [-0.05, 0) is 11.5 Å². The summed E-state index contributed by atoms with van der Waals surface area (Å²) in [5.74, 6) is -0.0593. The highest BCUT2D eigenvalue weighted by Crippen LogP contribution is 2.45. The highest BCUT2D eigenvalue weighted by atomic mass is 32.2. The topological polar surface area (TPSA) is 34.1 Å². The SMILES string of the molecule is O=C(C1=CC=C[SH]1C(=O)c1ccccc1)c1ccccc1. The third-order valence-electron chi connectivity index (χ3n) is 3.26. The minimum atomic E-state index is -1.22. The van der Waals surface area contributed by atoms with Crippen molar-refractivity contribution in [3.8, 4) is 0 Å². The average molecular weight is 294 g/mol. The number of thiol groups is 1. The first-order valence-corrected chi connectivity index (χ1v) is 8.05. The van der Waals surface area contributed by atoms with Crippen molar-refractivity contribution in [3.05, 3.63) is 94.3 Å². The van der Waals surface area contributed by atoms with E-state index in [0.29, 0.717) is 16.0 Å². The van der Waals surface area contributed by atoms with Gasteiger partial charge in [0, 0.05) is 16.0 Å². The van der Waals surface area contributed by atoms with Crippen LogP contribution >= 0.6 is 10.9 Å². The molecule has 21 heavy (non-hydrogen) atoms. The predicted molar refractivity (Wildman–Crippen MR) is 87.8 cm³/mol. The van der Waals surface area contributed by atoms with Gasteiger partial charge in [0.25, 0.3) is 0 Å². The van der Waals surface area contributed by atoms with Crippen LogP contribution in [0, 0.1) is 0 Å². The van der Waals surface area contributed by atoms with Crippen LogP contribution in [-0.2, 0) is 0 Å². The number of allylic oxidation sites excluding steroid dienone is 3. The Morgan fingerprint density at radius 2 is 1.33 bits per heavy atom. The molecule has 0 spiro atoms. The summed E-state index contributed by atoms with van der Waals surface area (Å²) in [6.07, 6.45) is 3.57. The molecule has 3 heteroatoms. The molecule has 3 rings (SSSR count). The zero-order valence-electron chi connectivity index (χ0n) is 11.3. The highest BCUT2D eigenvalue weighted by Gasteiger charge is 2.25. The molecule has 1 unspecified atom stereocenters. The van der Waals surface area contributed by atoms with E-state index in [2.05, 4.69) is 0 Å². The van der Waals surface area contributed by atoms with Crippen molar-refractivity contribution >= 4 is 21.8 Å². The van der Waals surface area contributed by atoms with Crippen molar-refractivity contribution in [3.63, 3.8) is 0 Å². The maximum Gasteiger partial charge on any atom is 0.207 e. The maximum absolute atomic E-state index is 12.6. The number of benzene rings is 2. The Labute approximate surface area is 126 Å². The van der Waals surface area contributed by atoms with E-state index in [1.807, 2.05) is 47.9 Å². The van der Waals surface area contributed by atoms with E-state index < -0.39 is 10.9 Å². The van der Waals surface area contributed by atoms with Gasteiger partial charge in [0.05, 0.1) is 0 Å². The van der Waals surface area contributed by atoms with Gasteiger partial charge in [-0.25, -0.2) is 0 Å². The number of carbonyl (C=O) groups excluding carboxylic acids is 2. The number of hydrogen-bond acceptors (Lipinski definition) is 2. The summed E-state index contributed by atoms with van der Waals surface area (Å²) in [5.41, 5.74) is 1.28. The van der Waals surface area contributed by atoms with E-state index in [0.717, 1.165) is 0 Å². The third-order valence-corrected chi connectivity index (χ3v) is 5.29. The second-order valence-corrected chi connectivity index (χ2v) is 6.56. The van der Waals surface area contributed by atoms with E-state index in [9.17, 15) is 9.59 Å². The fourth-order valence-corrected chi connectivity index (χ4v) is 4.00. The summed E-state index contributed by atoms with van der Waals surface area (Å²) >= 11 is 0. The number of ketones is 1. The Bertz CT molecular complexity index is 730. The molecule has 0 aromatic heterocycles. The molecular formula is C18H14O2S. The summed E-state index contributed by atoms with van der Waals surface area (Å²) in [6.45, 7) is 0. The van der Waals surface area contributed by atoms with Crippen molar-refractivity contribution in [2.45, 2.75) is 0 Å². The summed E-state index contributed by atoms with van der Waals surface area (Å²) in [7, 11) is -1.22. The molecule has 2 aromatic rings. The molecule has 1 aliphatic heterocycles. The van der Waals surface area contributed by atoms with Crippen LogP contribution in [0.2, 0.25) is 0 Å². The second-order valence-electron chi connectivity index (χ2n) is 4.63. The molecular weight excluding hydrogens is 280 g/mol. The molecule has 0 saturated heterocycles.